The Labute approximate surface area is 81.3 Å². The first-order chi connectivity index (χ1) is 5.57. The molecule has 0 saturated carbocycles. The van der Waals surface area contributed by atoms with Gasteiger partial charge in [0.1, 0.15) is 5.37 Å². The standard InChI is InChI=1S/C5H13NO3S.C3H8/c1-5(2,3)4(6)10(7,8)9;1-3-2/h4H,6H2,1-3H3,(H,7,8,9);3H2,1-2H3. The maximum Gasteiger partial charge on any atom is 0.281 e. The molecule has 0 aromatic heterocycles. The minimum Gasteiger partial charge on any atom is -0.313 e. The molecule has 0 aliphatic carbocycles. The van der Waals surface area contributed by atoms with Gasteiger partial charge in [-0.25, -0.2) is 0 Å². The summed E-state index contributed by atoms with van der Waals surface area (Å²) >= 11 is 0. The molecule has 0 amide bonds. The van der Waals surface area contributed by atoms with E-state index < -0.39 is 20.9 Å². The number of nitrogens with two attached hydrogens (primary N) is 1. The second-order valence-electron chi connectivity index (χ2n) is 4.01. The fourth-order valence-corrected chi connectivity index (χ4v) is 1.34. The average Bonchev–Trinajstić information content (AvgIpc) is 1.84. The smallest absolute Gasteiger partial charge is 0.281 e. The molecule has 0 saturated heterocycles. The molecule has 1 unspecified atom stereocenters. The predicted molar refractivity (Wildman–Crippen MR) is 54.9 cm³/mol. The van der Waals surface area contributed by atoms with Gasteiger partial charge in [-0.15, -0.1) is 0 Å². The maximum atomic E-state index is 10.4. The Morgan fingerprint density at radius 3 is 1.54 bits per heavy atom. The monoisotopic (exact) mass is 211 g/mol. The van der Waals surface area contributed by atoms with Crippen LogP contribution >= 0.6 is 0 Å². The molecule has 0 fully saturated rings. The summed E-state index contributed by atoms with van der Waals surface area (Å²) in [5.74, 6) is 0. The summed E-state index contributed by atoms with van der Waals surface area (Å²) in [7, 11) is -4.08. The lowest BCUT2D eigenvalue weighted by Crippen LogP contribution is -2.41. The van der Waals surface area contributed by atoms with Crippen LogP contribution in [0.1, 0.15) is 41.0 Å². The van der Waals surface area contributed by atoms with Crippen molar-refractivity contribution in [2.75, 3.05) is 0 Å². The third-order valence-electron chi connectivity index (χ3n) is 1.17. The third kappa shape index (κ3) is 8.21. The highest BCUT2D eigenvalue weighted by Crippen LogP contribution is 2.20. The van der Waals surface area contributed by atoms with E-state index in [9.17, 15) is 8.42 Å². The van der Waals surface area contributed by atoms with E-state index in [2.05, 4.69) is 13.8 Å². The largest absolute Gasteiger partial charge is 0.313 e. The van der Waals surface area contributed by atoms with Crippen molar-refractivity contribution >= 4 is 10.1 Å². The molecular weight excluding hydrogens is 190 g/mol. The van der Waals surface area contributed by atoms with Crippen molar-refractivity contribution < 1.29 is 13.0 Å². The zero-order valence-corrected chi connectivity index (χ0v) is 9.85. The van der Waals surface area contributed by atoms with E-state index in [1.807, 2.05) is 0 Å². The Hall–Kier alpha value is -0.130. The molecule has 3 N–H and O–H groups in total. The van der Waals surface area contributed by atoms with Gasteiger partial charge in [0, 0.05) is 0 Å². The summed E-state index contributed by atoms with van der Waals surface area (Å²) in [5.41, 5.74) is 4.57. The summed E-state index contributed by atoms with van der Waals surface area (Å²) in [4.78, 5) is 0. The molecule has 0 spiro atoms. The van der Waals surface area contributed by atoms with Crippen molar-refractivity contribution in [3.8, 4) is 0 Å². The molecule has 5 heteroatoms. The first-order valence-corrected chi connectivity index (χ1v) is 5.79. The highest BCUT2D eigenvalue weighted by Gasteiger charge is 2.30. The fourth-order valence-electron chi connectivity index (χ4n) is 0.447. The van der Waals surface area contributed by atoms with Gasteiger partial charge in [-0.1, -0.05) is 41.0 Å². The van der Waals surface area contributed by atoms with Crippen LogP contribution in [0.5, 0.6) is 0 Å². The van der Waals surface area contributed by atoms with Crippen LogP contribution < -0.4 is 5.73 Å². The van der Waals surface area contributed by atoms with Gasteiger partial charge in [0.25, 0.3) is 10.1 Å². The zero-order valence-electron chi connectivity index (χ0n) is 9.03. The zero-order chi connectivity index (χ0) is 11.3. The summed E-state index contributed by atoms with van der Waals surface area (Å²) in [6.45, 7) is 9.18. The quantitative estimate of drug-likeness (QED) is 0.646. The van der Waals surface area contributed by atoms with Gasteiger partial charge in [0.15, 0.2) is 0 Å². The highest BCUT2D eigenvalue weighted by atomic mass is 32.2. The summed E-state index contributed by atoms with van der Waals surface area (Å²) in [6.07, 6.45) is 1.25. The molecule has 0 heterocycles. The van der Waals surface area contributed by atoms with Crippen LogP contribution in [-0.4, -0.2) is 18.3 Å². The van der Waals surface area contributed by atoms with Crippen LogP contribution in [0.15, 0.2) is 0 Å². The van der Waals surface area contributed by atoms with E-state index in [-0.39, 0.29) is 0 Å². The van der Waals surface area contributed by atoms with Crippen LogP contribution in [0.4, 0.5) is 0 Å². The number of rotatable bonds is 1. The molecule has 0 radical (unpaired) electrons. The van der Waals surface area contributed by atoms with Gasteiger partial charge in [-0.3, -0.25) is 4.55 Å². The minimum atomic E-state index is -4.08. The molecule has 0 aliphatic rings. The highest BCUT2D eigenvalue weighted by molar-refractivity contribution is 7.86. The number of hydrogen-bond acceptors (Lipinski definition) is 3. The molecule has 4 nitrogen and oxygen atoms in total. The summed E-state index contributed by atoms with van der Waals surface area (Å²) in [6, 6.07) is 0. The molecular formula is C8H21NO3S. The lowest BCUT2D eigenvalue weighted by atomic mass is 9.97. The van der Waals surface area contributed by atoms with Crippen molar-refractivity contribution in [2.24, 2.45) is 11.1 Å². The maximum absolute atomic E-state index is 10.4. The van der Waals surface area contributed by atoms with E-state index in [0.717, 1.165) is 0 Å². The molecule has 0 aliphatic heterocycles. The Balaban J connectivity index is 0. The van der Waals surface area contributed by atoms with Crippen LogP contribution in [0.3, 0.4) is 0 Å². The van der Waals surface area contributed by atoms with E-state index in [4.69, 9.17) is 10.3 Å². The molecule has 1 atom stereocenters. The Kier molecular flexibility index (Phi) is 6.57. The van der Waals surface area contributed by atoms with E-state index >= 15 is 0 Å². The Morgan fingerprint density at radius 1 is 1.31 bits per heavy atom. The van der Waals surface area contributed by atoms with Crippen LogP contribution in [0, 0.1) is 5.41 Å². The van der Waals surface area contributed by atoms with Gasteiger partial charge in [-0.05, 0) is 5.41 Å². The predicted octanol–water partition coefficient (Wildman–Crippen LogP) is 1.62. The fraction of sp³-hybridized carbons (Fsp3) is 1.00. The average molecular weight is 211 g/mol. The third-order valence-corrected chi connectivity index (χ3v) is 2.52. The van der Waals surface area contributed by atoms with Crippen LogP contribution in [-0.2, 0) is 10.1 Å². The van der Waals surface area contributed by atoms with Gasteiger partial charge in [-0.2, -0.15) is 8.42 Å². The Morgan fingerprint density at radius 2 is 1.54 bits per heavy atom. The molecule has 0 bridgehead atoms. The lowest BCUT2D eigenvalue weighted by molar-refractivity contribution is 0.355. The first kappa shape index (κ1) is 15.3. The van der Waals surface area contributed by atoms with Crippen LogP contribution in [0.2, 0.25) is 0 Å². The van der Waals surface area contributed by atoms with Crippen molar-refractivity contribution in [3.05, 3.63) is 0 Å². The number of hydrogen-bond donors (Lipinski definition) is 2. The van der Waals surface area contributed by atoms with E-state index in [1.54, 1.807) is 20.8 Å². The molecule has 13 heavy (non-hydrogen) atoms. The van der Waals surface area contributed by atoms with Gasteiger partial charge in [0.2, 0.25) is 0 Å². The first-order valence-electron chi connectivity index (χ1n) is 4.29. The summed E-state index contributed by atoms with van der Waals surface area (Å²) < 4.78 is 29.3. The SMILES string of the molecule is CC(C)(C)C(N)S(=O)(=O)O.CCC. The van der Waals surface area contributed by atoms with Crippen LogP contribution in [0.25, 0.3) is 0 Å². The van der Waals surface area contributed by atoms with E-state index in [0.29, 0.717) is 0 Å². The van der Waals surface area contributed by atoms with Crippen molar-refractivity contribution in [1.82, 2.24) is 0 Å². The molecule has 82 valence electrons. The summed E-state index contributed by atoms with van der Waals surface area (Å²) in [5, 5.41) is -1.21. The normalized spacial score (nSPS) is 14.4. The minimum absolute atomic E-state index is 0.617. The molecule has 0 rings (SSSR count). The van der Waals surface area contributed by atoms with Crippen molar-refractivity contribution in [3.63, 3.8) is 0 Å². The lowest BCUT2D eigenvalue weighted by Gasteiger charge is -2.23. The van der Waals surface area contributed by atoms with Gasteiger partial charge < -0.3 is 5.73 Å². The van der Waals surface area contributed by atoms with Gasteiger partial charge >= 0.3 is 0 Å². The molecule has 0 aromatic rings. The van der Waals surface area contributed by atoms with Gasteiger partial charge in [0.05, 0.1) is 0 Å². The van der Waals surface area contributed by atoms with Crippen molar-refractivity contribution in [1.29, 1.82) is 0 Å². The second-order valence-corrected chi connectivity index (χ2v) is 5.55. The second kappa shape index (κ2) is 5.57. The topological polar surface area (TPSA) is 80.4 Å². The van der Waals surface area contributed by atoms with E-state index in [1.165, 1.54) is 6.42 Å². The Bertz CT molecular complexity index is 216. The van der Waals surface area contributed by atoms with Crippen molar-refractivity contribution in [2.45, 2.75) is 46.4 Å². The molecule has 0 aromatic carbocycles.